The number of amides is 1. The molecule has 3 rings (SSSR count). The van der Waals surface area contributed by atoms with Gasteiger partial charge in [-0.2, -0.15) is 0 Å². The number of fused-ring (bicyclic) bond motifs is 1. The van der Waals surface area contributed by atoms with Crippen molar-refractivity contribution < 1.29 is 9.18 Å². The minimum atomic E-state index is -0.511. The lowest BCUT2D eigenvalue weighted by atomic mass is 10.2. The van der Waals surface area contributed by atoms with E-state index in [-0.39, 0.29) is 5.56 Å². The smallest absolute Gasteiger partial charge is 0.254 e. The lowest BCUT2D eigenvalue weighted by Gasteiger charge is -2.04. The first-order chi connectivity index (χ1) is 10.6. The van der Waals surface area contributed by atoms with Gasteiger partial charge in [-0.15, -0.1) is 0 Å². The van der Waals surface area contributed by atoms with E-state index in [9.17, 15) is 9.18 Å². The van der Waals surface area contributed by atoms with Gasteiger partial charge in [0.05, 0.1) is 11.3 Å². The number of aryl methyl sites for hydroxylation is 1. The second-order valence-electron chi connectivity index (χ2n) is 5.14. The molecular formula is C17H16FN3O. The van der Waals surface area contributed by atoms with Crippen molar-refractivity contribution >= 4 is 11.6 Å². The molecule has 2 aromatic heterocycles. The summed E-state index contributed by atoms with van der Waals surface area (Å²) in [5, 5.41) is 2.72. The van der Waals surface area contributed by atoms with Crippen LogP contribution >= 0.6 is 0 Å². The van der Waals surface area contributed by atoms with Crippen molar-refractivity contribution in [3.05, 3.63) is 71.4 Å². The maximum absolute atomic E-state index is 13.5. The van der Waals surface area contributed by atoms with E-state index in [4.69, 9.17) is 0 Å². The summed E-state index contributed by atoms with van der Waals surface area (Å²) < 4.78 is 15.5. The summed E-state index contributed by atoms with van der Waals surface area (Å²) >= 11 is 0. The number of carbonyl (C=O) groups excluding carboxylic acids is 1. The molecule has 4 nitrogen and oxygen atoms in total. The molecule has 22 heavy (non-hydrogen) atoms. The molecule has 3 aromatic rings. The van der Waals surface area contributed by atoms with E-state index in [1.807, 2.05) is 35.9 Å². The van der Waals surface area contributed by atoms with Crippen molar-refractivity contribution in [2.24, 2.45) is 0 Å². The highest BCUT2D eigenvalue weighted by Gasteiger charge is 2.10. The number of hydrogen-bond donors (Lipinski definition) is 1. The van der Waals surface area contributed by atoms with Crippen LogP contribution in [-0.4, -0.2) is 21.8 Å². The van der Waals surface area contributed by atoms with Crippen LogP contribution in [0.5, 0.6) is 0 Å². The number of rotatable bonds is 4. The van der Waals surface area contributed by atoms with Crippen molar-refractivity contribution in [2.45, 2.75) is 13.3 Å². The number of imidazole rings is 1. The van der Waals surface area contributed by atoms with E-state index in [0.29, 0.717) is 13.0 Å². The van der Waals surface area contributed by atoms with E-state index in [2.05, 4.69) is 10.3 Å². The molecule has 1 N–H and O–H groups in total. The van der Waals surface area contributed by atoms with Crippen molar-refractivity contribution in [1.82, 2.24) is 14.7 Å². The summed E-state index contributed by atoms with van der Waals surface area (Å²) in [6.45, 7) is 2.42. The average molecular weight is 297 g/mol. The molecule has 0 spiro atoms. The van der Waals surface area contributed by atoms with Crippen LogP contribution in [0.2, 0.25) is 0 Å². The predicted molar refractivity (Wildman–Crippen MR) is 82.4 cm³/mol. The number of pyridine rings is 1. The number of benzene rings is 1. The van der Waals surface area contributed by atoms with E-state index >= 15 is 0 Å². The predicted octanol–water partition coefficient (Wildman–Crippen LogP) is 2.75. The van der Waals surface area contributed by atoms with E-state index < -0.39 is 11.7 Å². The molecule has 0 atom stereocenters. The Morgan fingerprint density at radius 2 is 2.09 bits per heavy atom. The Hall–Kier alpha value is -2.69. The SMILES string of the molecule is Cc1cccn2cc(CCNC(=O)c3ccccc3F)nc12. The minimum Gasteiger partial charge on any atom is -0.352 e. The fourth-order valence-electron chi connectivity index (χ4n) is 2.37. The van der Waals surface area contributed by atoms with Crippen LogP contribution in [0.25, 0.3) is 5.65 Å². The third-order valence-corrected chi connectivity index (χ3v) is 3.51. The molecule has 0 aliphatic rings. The normalized spacial score (nSPS) is 10.8. The van der Waals surface area contributed by atoms with Gasteiger partial charge in [0, 0.05) is 25.4 Å². The standard InChI is InChI=1S/C17H16FN3O/c1-12-5-4-10-21-11-13(20-16(12)21)8-9-19-17(22)14-6-2-3-7-15(14)18/h2-7,10-11H,8-9H2,1H3,(H,19,22). The maximum atomic E-state index is 13.5. The molecule has 0 saturated heterocycles. The second-order valence-corrected chi connectivity index (χ2v) is 5.14. The Kier molecular flexibility index (Phi) is 3.87. The van der Waals surface area contributed by atoms with Gasteiger partial charge in [-0.25, -0.2) is 9.37 Å². The van der Waals surface area contributed by atoms with E-state index in [0.717, 1.165) is 16.9 Å². The molecule has 0 bridgehead atoms. The molecule has 0 aliphatic carbocycles. The molecule has 2 heterocycles. The molecule has 0 saturated carbocycles. The van der Waals surface area contributed by atoms with Crippen LogP contribution in [0.1, 0.15) is 21.6 Å². The Morgan fingerprint density at radius 3 is 2.86 bits per heavy atom. The average Bonchev–Trinajstić information content (AvgIpc) is 2.92. The summed E-state index contributed by atoms with van der Waals surface area (Å²) in [5.41, 5.74) is 2.97. The van der Waals surface area contributed by atoms with Crippen LogP contribution in [-0.2, 0) is 6.42 Å². The summed E-state index contributed by atoms with van der Waals surface area (Å²) in [6, 6.07) is 9.92. The Morgan fingerprint density at radius 1 is 1.27 bits per heavy atom. The highest BCUT2D eigenvalue weighted by molar-refractivity contribution is 5.94. The van der Waals surface area contributed by atoms with Gasteiger partial charge in [-0.1, -0.05) is 18.2 Å². The molecular weight excluding hydrogens is 281 g/mol. The second kappa shape index (κ2) is 5.97. The van der Waals surface area contributed by atoms with Gasteiger partial charge in [0.1, 0.15) is 11.5 Å². The molecule has 0 aliphatic heterocycles. The zero-order valence-electron chi connectivity index (χ0n) is 12.2. The van der Waals surface area contributed by atoms with Crippen molar-refractivity contribution in [2.75, 3.05) is 6.54 Å². The molecule has 112 valence electrons. The largest absolute Gasteiger partial charge is 0.352 e. The molecule has 0 fully saturated rings. The van der Waals surface area contributed by atoms with Gasteiger partial charge >= 0.3 is 0 Å². The topological polar surface area (TPSA) is 46.4 Å². The fourth-order valence-corrected chi connectivity index (χ4v) is 2.37. The highest BCUT2D eigenvalue weighted by atomic mass is 19.1. The van der Waals surface area contributed by atoms with Gasteiger partial charge in [0.15, 0.2) is 0 Å². The van der Waals surface area contributed by atoms with Crippen LogP contribution in [0.4, 0.5) is 4.39 Å². The number of hydrogen-bond acceptors (Lipinski definition) is 2. The lowest BCUT2D eigenvalue weighted by molar-refractivity contribution is 0.0950. The Labute approximate surface area is 127 Å². The molecule has 5 heteroatoms. The van der Waals surface area contributed by atoms with Crippen molar-refractivity contribution in [3.8, 4) is 0 Å². The monoisotopic (exact) mass is 297 g/mol. The molecule has 1 amide bonds. The van der Waals surface area contributed by atoms with Crippen LogP contribution in [0.15, 0.2) is 48.8 Å². The first kappa shape index (κ1) is 14.3. The zero-order valence-corrected chi connectivity index (χ0v) is 12.2. The van der Waals surface area contributed by atoms with Gasteiger partial charge in [0.25, 0.3) is 5.91 Å². The summed E-state index contributed by atoms with van der Waals surface area (Å²) in [7, 11) is 0. The molecule has 0 radical (unpaired) electrons. The van der Waals surface area contributed by atoms with Crippen LogP contribution < -0.4 is 5.32 Å². The van der Waals surface area contributed by atoms with Crippen LogP contribution in [0, 0.1) is 12.7 Å². The van der Waals surface area contributed by atoms with Crippen LogP contribution in [0.3, 0.4) is 0 Å². The Bertz CT molecular complexity index is 826. The first-order valence-electron chi connectivity index (χ1n) is 7.11. The number of halogens is 1. The number of nitrogens with zero attached hydrogens (tertiary/aromatic N) is 2. The molecule has 0 unspecified atom stereocenters. The minimum absolute atomic E-state index is 0.0633. The van der Waals surface area contributed by atoms with Crippen molar-refractivity contribution in [1.29, 1.82) is 0 Å². The summed E-state index contributed by atoms with van der Waals surface area (Å²) in [4.78, 5) is 16.4. The number of nitrogens with one attached hydrogen (secondary N) is 1. The summed E-state index contributed by atoms with van der Waals surface area (Å²) in [5.74, 6) is -0.915. The van der Waals surface area contributed by atoms with Gasteiger partial charge in [-0.3, -0.25) is 4.79 Å². The van der Waals surface area contributed by atoms with Gasteiger partial charge < -0.3 is 9.72 Å². The first-order valence-corrected chi connectivity index (χ1v) is 7.11. The fraction of sp³-hybridized carbons (Fsp3) is 0.176. The quantitative estimate of drug-likeness (QED) is 0.805. The number of carbonyl (C=O) groups is 1. The highest BCUT2D eigenvalue weighted by Crippen LogP contribution is 2.10. The van der Waals surface area contributed by atoms with E-state index in [1.165, 1.54) is 12.1 Å². The van der Waals surface area contributed by atoms with Crippen molar-refractivity contribution in [3.63, 3.8) is 0 Å². The van der Waals surface area contributed by atoms with E-state index in [1.54, 1.807) is 12.1 Å². The van der Waals surface area contributed by atoms with Gasteiger partial charge in [-0.05, 0) is 30.7 Å². The van der Waals surface area contributed by atoms with Gasteiger partial charge in [0.2, 0.25) is 0 Å². The maximum Gasteiger partial charge on any atom is 0.254 e. The lowest BCUT2D eigenvalue weighted by Crippen LogP contribution is -2.26. The molecule has 1 aromatic carbocycles. The Balaban J connectivity index is 1.64. The number of aromatic nitrogens is 2. The zero-order chi connectivity index (χ0) is 15.5. The summed E-state index contributed by atoms with van der Waals surface area (Å²) in [6.07, 6.45) is 4.48. The third kappa shape index (κ3) is 2.83. The third-order valence-electron chi connectivity index (χ3n) is 3.51.